The third kappa shape index (κ3) is 11.8. The third-order valence-electron chi connectivity index (χ3n) is 4.80. The number of allylic oxidation sites excluding steroid dienone is 2. The van der Waals surface area contributed by atoms with Gasteiger partial charge < -0.3 is 11.5 Å². The van der Waals surface area contributed by atoms with E-state index >= 15 is 0 Å². The Kier molecular flexibility index (Phi) is 16.2. The van der Waals surface area contributed by atoms with Crippen molar-refractivity contribution in [1.82, 2.24) is 14.7 Å². The molecule has 11 heteroatoms. The third-order valence-corrected chi connectivity index (χ3v) is 5.41. The highest BCUT2D eigenvalue weighted by Crippen LogP contribution is 2.37. The zero-order valence-electron chi connectivity index (χ0n) is 21.9. The van der Waals surface area contributed by atoms with E-state index in [0.29, 0.717) is 11.5 Å². The van der Waals surface area contributed by atoms with Crippen LogP contribution in [0.25, 0.3) is 5.57 Å². The number of hydrogen-bond donors (Lipinski definition) is 3. The van der Waals surface area contributed by atoms with Crippen molar-refractivity contribution in [1.29, 1.82) is 0 Å². The van der Waals surface area contributed by atoms with E-state index in [1.807, 2.05) is 39.8 Å². The average molecular weight is 529 g/mol. The predicted molar refractivity (Wildman–Crippen MR) is 146 cm³/mol. The van der Waals surface area contributed by atoms with Crippen molar-refractivity contribution in [3.8, 4) is 0 Å². The Bertz CT molecular complexity index is 979. The number of nitrogens with zero attached hydrogens (tertiary/aromatic N) is 3. The highest BCUT2D eigenvalue weighted by molar-refractivity contribution is 7.82. The van der Waals surface area contributed by atoms with Gasteiger partial charge in [0.1, 0.15) is 5.82 Å². The van der Waals surface area contributed by atoms with Crippen molar-refractivity contribution in [2.75, 3.05) is 31.3 Å². The molecule has 202 valence electrons. The Morgan fingerprint density at radius 3 is 2.36 bits per heavy atom. The summed E-state index contributed by atoms with van der Waals surface area (Å²) in [5.74, 6) is -1.23. The van der Waals surface area contributed by atoms with Gasteiger partial charge in [-0.25, -0.2) is 13.9 Å². The van der Waals surface area contributed by atoms with E-state index in [1.54, 1.807) is 25.5 Å². The number of aromatic nitrogens is 2. The van der Waals surface area contributed by atoms with Gasteiger partial charge in [-0.1, -0.05) is 39.3 Å². The summed E-state index contributed by atoms with van der Waals surface area (Å²) >= 11 is 0. The van der Waals surface area contributed by atoms with Crippen molar-refractivity contribution >= 4 is 34.3 Å². The number of aryl methyl sites for hydroxylation is 1. The number of pyridine rings is 2. The Balaban J connectivity index is 0.000000671. The lowest BCUT2D eigenvalue weighted by Crippen LogP contribution is -2.26. The molecule has 2 atom stereocenters. The molecule has 2 rings (SSSR count). The van der Waals surface area contributed by atoms with E-state index in [2.05, 4.69) is 19.7 Å². The molecule has 0 saturated heterocycles. The van der Waals surface area contributed by atoms with Gasteiger partial charge in [-0.2, -0.15) is 13.2 Å². The van der Waals surface area contributed by atoms with Crippen LogP contribution in [0.3, 0.4) is 0 Å². The fourth-order valence-corrected chi connectivity index (χ4v) is 3.50. The minimum atomic E-state index is -4.33. The highest BCUT2D eigenvalue weighted by Gasteiger charge is 2.40. The number of nitrogens with two attached hydrogens (primary N) is 2. The molecular weight excluding hydrogens is 489 g/mol. The van der Waals surface area contributed by atoms with Crippen molar-refractivity contribution < 1.29 is 17.4 Å². The second-order valence-corrected chi connectivity index (χ2v) is 8.55. The molecule has 2 heterocycles. The zero-order valence-corrected chi connectivity index (χ0v) is 22.7. The van der Waals surface area contributed by atoms with Crippen molar-refractivity contribution in [2.45, 2.75) is 59.1 Å². The first-order valence-corrected chi connectivity index (χ1v) is 13.3. The largest absolute Gasteiger partial charge is 0.395 e. The van der Waals surface area contributed by atoms with Crippen LogP contribution in [0.2, 0.25) is 0 Å². The van der Waals surface area contributed by atoms with E-state index in [9.17, 15) is 17.4 Å². The quantitative estimate of drug-likeness (QED) is 0.380. The molecule has 0 aliphatic heterocycles. The molecule has 0 radical (unpaired) electrons. The summed E-state index contributed by atoms with van der Waals surface area (Å²) in [4.78, 5) is 11.9. The number of anilines is 2. The summed E-state index contributed by atoms with van der Waals surface area (Å²) in [6.07, 6.45) is 5.17. The molecule has 0 fully saturated rings. The van der Waals surface area contributed by atoms with Gasteiger partial charge in [-0.15, -0.1) is 0 Å². The normalized spacial score (nSPS) is 13.3. The standard InChI is InChI=1S/C13H19F3N2OS.C10H14N4.C2H6/c1-3-4-11-6-5-10(9-17-11)12(13(14,15)16)7-8-18-20(2)19;1-3-7(6-13-2)8-4-5-14-10(12)9(8)11;1-2/h5-6,9,12,18H,3-4,7-8H2,1-2H3;3-6H,11H2,1-2H3,(H2,12,14);1-2H3/b;7-3+,13-6?;. The lowest BCUT2D eigenvalue weighted by molar-refractivity contribution is -0.151. The summed E-state index contributed by atoms with van der Waals surface area (Å²) in [5, 5.41) is 0. The maximum atomic E-state index is 13.0. The van der Waals surface area contributed by atoms with Crippen LogP contribution in [0.4, 0.5) is 24.7 Å². The predicted octanol–water partition coefficient (Wildman–Crippen LogP) is 5.33. The summed E-state index contributed by atoms with van der Waals surface area (Å²) in [5.41, 5.74) is 14.7. The molecule has 0 saturated carbocycles. The molecule has 0 aliphatic rings. The Morgan fingerprint density at radius 1 is 1.22 bits per heavy atom. The van der Waals surface area contributed by atoms with E-state index in [0.717, 1.165) is 29.7 Å². The van der Waals surface area contributed by atoms with Crippen molar-refractivity contribution in [2.24, 2.45) is 4.99 Å². The van der Waals surface area contributed by atoms with Crippen LogP contribution in [0.15, 0.2) is 41.7 Å². The van der Waals surface area contributed by atoms with Gasteiger partial charge in [0, 0.05) is 49.7 Å². The molecule has 2 aromatic heterocycles. The molecule has 0 aromatic carbocycles. The molecule has 0 bridgehead atoms. The second-order valence-electron chi connectivity index (χ2n) is 7.35. The van der Waals surface area contributed by atoms with Crippen LogP contribution in [0.1, 0.15) is 63.3 Å². The molecule has 7 nitrogen and oxygen atoms in total. The Hall–Kier alpha value is -2.79. The summed E-state index contributed by atoms with van der Waals surface area (Å²) in [7, 11) is 0.408. The number of nitrogens with one attached hydrogen (secondary N) is 1. The van der Waals surface area contributed by atoms with Crippen LogP contribution in [-0.4, -0.2) is 46.4 Å². The Labute approximate surface area is 215 Å². The van der Waals surface area contributed by atoms with Crippen LogP contribution >= 0.6 is 0 Å². The van der Waals surface area contributed by atoms with E-state index in [-0.39, 0.29) is 18.5 Å². The number of rotatable bonds is 9. The van der Waals surface area contributed by atoms with E-state index in [1.165, 1.54) is 18.5 Å². The SMILES string of the molecule is C/C=C(\C=NC)c1ccnc(N)c1N.CC.CCCc1ccc(C(CCNS(C)=O)C(F)(F)F)cn1. The van der Waals surface area contributed by atoms with E-state index < -0.39 is 23.1 Å². The van der Waals surface area contributed by atoms with Gasteiger partial charge in [-0.3, -0.25) is 9.98 Å². The fraction of sp³-hybridized carbons (Fsp3) is 0.480. The minimum Gasteiger partial charge on any atom is -0.395 e. The number of aliphatic imine (C=N–C) groups is 1. The molecule has 0 amide bonds. The van der Waals surface area contributed by atoms with Gasteiger partial charge in [0.15, 0.2) is 0 Å². The molecule has 5 N–H and O–H groups in total. The first-order valence-electron chi connectivity index (χ1n) is 11.7. The summed E-state index contributed by atoms with van der Waals surface area (Å²) in [6, 6.07) is 4.95. The lowest BCUT2D eigenvalue weighted by Gasteiger charge is -2.20. The summed E-state index contributed by atoms with van der Waals surface area (Å²) in [6.45, 7) is 7.96. The van der Waals surface area contributed by atoms with Crippen LogP contribution in [0, 0.1) is 0 Å². The van der Waals surface area contributed by atoms with E-state index in [4.69, 9.17) is 11.5 Å². The number of halogens is 3. The molecule has 0 spiro atoms. The fourth-order valence-electron chi connectivity index (χ4n) is 3.09. The van der Waals surface area contributed by atoms with Crippen molar-refractivity contribution in [3.63, 3.8) is 0 Å². The molecule has 2 unspecified atom stereocenters. The topological polar surface area (TPSA) is 119 Å². The summed E-state index contributed by atoms with van der Waals surface area (Å²) < 4.78 is 52.5. The maximum absolute atomic E-state index is 13.0. The second kappa shape index (κ2) is 17.6. The van der Waals surface area contributed by atoms with Gasteiger partial charge in [-0.05, 0) is 43.0 Å². The smallest absolute Gasteiger partial charge is 0.395 e. The zero-order chi connectivity index (χ0) is 27.7. The monoisotopic (exact) mass is 528 g/mol. The van der Waals surface area contributed by atoms with Gasteiger partial charge in [0.05, 0.1) is 22.6 Å². The highest BCUT2D eigenvalue weighted by atomic mass is 32.2. The van der Waals surface area contributed by atoms with Gasteiger partial charge in [0.2, 0.25) is 0 Å². The number of alkyl halides is 3. The maximum Gasteiger partial charge on any atom is 0.395 e. The first kappa shape index (κ1) is 33.2. The molecule has 0 aliphatic carbocycles. The first-order chi connectivity index (χ1) is 17.0. The molecule has 2 aromatic rings. The number of hydrogen-bond acceptors (Lipinski definition) is 6. The minimum absolute atomic E-state index is 0.0456. The number of nitrogen functional groups attached to an aromatic ring is 2. The van der Waals surface area contributed by atoms with Gasteiger partial charge in [0.25, 0.3) is 0 Å². The Morgan fingerprint density at radius 2 is 1.89 bits per heavy atom. The lowest BCUT2D eigenvalue weighted by atomic mass is 9.96. The molecular formula is C25H39F3N6OS. The van der Waals surface area contributed by atoms with Crippen LogP contribution < -0.4 is 16.2 Å². The van der Waals surface area contributed by atoms with Gasteiger partial charge >= 0.3 is 6.18 Å². The average Bonchev–Trinajstić information content (AvgIpc) is 2.84. The van der Waals surface area contributed by atoms with Crippen LogP contribution in [0.5, 0.6) is 0 Å². The van der Waals surface area contributed by atoms with Crippen LogP contribution in [-0.2, 0) is 17.4 Å². The van der Waals surface area contributed by atoms with Crippen molar-refractivity contribution in [3.05, 3.63) is 53.5 Å². The molecule has 36 heavy (non-hydrogen) atoms.